The van der Waals surface area contributed by atoms with Crippen LogP contribution in [0, 0.1) is 0 Å². The molecule has 0 saturated heterocycles. The molecule has 0 aliphatic carbocycles. The molecule has 0 aliphatic rings. The standard InChI is InChI=1S/C20H20N4O4/c1-2-17(25)28-22-12-14-7-5-6-13(10-14)11-21-20(27)18-23-16-9-4-3-8-15(16)19(26)24-18/h3-10,22H,2,11-12H2,1H3,(H,21,27)(H,23,24,26). The number of aromatic amines is 1. The molecule has 0 saturated carbocycles. The Morgan fingerprint density at radius 2 is 1.82 bits per heavy atom. The van der Waals surface area contributed by atoms with Crippen molar-refractivity contribution in [2.45, 2.75) is 26.4 Å². The van der Waals surface area contributed by atoms with Crippen LogP contribution in [0.1, 0.15) is 35.1 Å². The van der Waals surface area contributed by atoms with E-state index in [0.29, 0.717) is 23.9 Å². The predicted octanol–water partition coefficient (Wildman–Crippen LogP) is 1.81. The van der Waals surface area contributed by atoms with Gasteiger partial charge in [0.1, 0.15) is 0 Å². The molecule has 1 amide bonds. The normalized spacial score (nSPS) is 10.6. The number of nitrogens with zero attached hydrogens (tertiary/aromatic N) is 1. The lowest BCUT2D eigenvalue weighted by Crippen LogP contribution is -2.27. The first kappa shape index (κ1) is 19.2. The first-order valence-corrected chi connectivity index (χ1v) is 8.84. The van der Waals surface area contributed by atoms with E-state index in [4.69, 9.17) is 4.84 Å². The zero-order valence-electron chi connectivity index (χ0n) is 15.3. The average molecular weight is 380 g/mol. The number of hydroxylamine groups is 1. The molecule has 2 aromatic carbocycles. The summed E-state index contributed by atoms with van der Waals surface area (Å²) in [6, 6.07) is 14.3. The van der Waals surface area contributed by atoms with Crippen molar-refractivity contribution in [3.8, 4) is 0 Å². The van der Waals surface area contributed by atoms with Crippen molar-refractivity contribution in [2.75, 3.05) is 0 Å². The van der Waals surface area contributed by atoms with Gasteiger partial charge in [0.2, 0.25) is 0 Å². The van der Waals surface area contributed by atoms with E-state index in [9.17, 15) is 14.4 Å². The van der Waals surface area contributed by atoms with Crippen LogP contribution in [-0.2, 0) is 22.7 Å². The second-order valence-electron chi connectivity index (χ2n) is 6.08. The number of hydrogen-bond donors (Lipinski definition) is 3. The predicted molar refractivity (Wildman–Crippen MR) is 103 cm³/mol. The maximum atomic E-state index is 12.4. The molecule has 144 valence electrons. The van der Waals surface area contributed by atoms with Crippen molar-refractivity contribution >= 4 is 22.8 Å². The van der Waals surface area contributed by atoms with Gasteiger partial charge < -0.3 is 15.1 Å². The van der Waals surface area contributed by atoms with Gasteiger partial charge in [0.05, 0.1) is 17.4 Å². The maximum Gasteiger partial charge on any atom is 0.324 e. The van der Waals surface area contributed by atoms with Crippen LogP contribution < -0.4 is 16.4 Å². The van der Waals surface area contributed by atoms with Crippen LogP contribution in [0.4, 0.5) is 0 Å². The number of para-hydroxylation sites is 1. The zero-order chi connectivity index (χ0) is 19.9. The zero-order valence-corrected chi connectivity index (χ0v) is 15.3. The highest BCUT2D eigenvalue weighted by Gasteiger charge is 2.11. The highest BCUT2D eigenvalue weighted by atomic mass is 16.7. The summed E-state index contributed by atoms with van der Waals surface area (Å²) in [5.74, 6) is -0.837. The third kappa shape index (κ3) is 4.80. The Bertz CT molecular complexity index is 1060. The fourth-order valence-corrected chi connectivity index (χ4v) is 2.58. The van der Waals surface area contributed by atoms with Crippen LogP contribution in [0.3, 0.4) is 0 Å². The highest BCUT2D eigenvalue weighted by molar-refractivity contribution is 5.92. The van der Waals surface area contributed by atoms with Gasteiger partial charge in [-0.1, -0.05) is 43.3 Å². The van der Waals surface area contributed by atoms with E-state index in [1.54, 1.807) is 31.2 Å². The number of rotatable bonds is 7. The number of fused-ring (bicyclic) bond motifs is 1. The van der Waals surface area contributed by atoms with E-state index >= 15 is 0 Å². The summed E-state index contributed by atoms with van der Waals surface area (Å²) in [7, 11) is 0. The van der Waals surface area contributed by atoms with Gasteiger partial charge in [0, 0.05) is 13.0 Å². The number of amides is 1. The number of H-pyrrole nitrogens is 1. The highest BCUT2D eigenvalue weighted by Crippen LogP contribution is 2.07. The Labute approximate surface area is 160 Å². The summed E-state index contributed by atoms with van der Waals surface area (Å²) in [6.45, 7) is 2.33. The van der Waals surface area contributed by atoms with Gasteiger partial charge in [0.25, 0.3) is 11.5 Å². The summed E-state index contributed by atoms with van der Waals surface area (Å²) in [4.78, 5) is 47.1. The molecule has 3 aromatic rings. The summed E-state index contributed by atoms with van der Waals surface area (Å²) in [5.41, 5.74) is 4.47. The van der Waals surface area contributed by atoms with Gasteiger partial charge in [-0.15, -0.1) is 5.48 Å². The van der Waals surface area contributed by atoms with Crippen molar-refractivity contribution in [1.82, 2.24) is 20.8 Å². The first-order valence-electron chi connectivity index (χ1n) is 8.84. The van der Waals surface area contributed by atoms with Crippen molar-refractivity contribution < 1.29 is 14.4 Å². The topological polar surface area (TPSA) is 113 Å². The third-order valence-electron chi connectivity index (χ3n) is 4.02. The lowest BCUT2D eigenvalue weighted by molar-refractivity contribution is -0.151. The van der Waals surface area contributed by atoms with Gasteiger partial charge in [-0.25, -0.2) is 4.98 Å². The van der Waals surface area contributed by atoms with Gasteiger partial charge in [0.15, 0.2) is 5.82 Å². The average Bonchev–Trinajstić information content (AvgIpc) is 2.72. The number of benzene rings is 2. The smallest absolute Gasteiger partial charge is 0.324 e. The lowest BCUT2D eigenvalue weighted by Gasteiger charge is -2.08. The van der Waals surface area contributed by atoms with Gasteiger partial charge >= 0.3 is 5.97 Å². The summed E-state index contributed by atoms with van der Waals surface area (Å²) in [6.07, 6.45) is 0.296. The molecule has 0 fully saturated rings. The Hall–Kier alpha value is -3.52. The van der Waals surface area contributed by atoms with E-state index < -0.39 is 5.91 Å². The molecule has 1 aromatic heterocycles. The first-order chi connectivity index (χ1) is 13.6. The lowest BCUT2D eigenvalue weighted by atomic mass is 10.1. The van der Waals surface area contributed by atoms with E-state index in [1.165, 1.54) is 0 Å². The van der Waals surface area contributed by atoms with Crippen LogP contribution in [0.2, 0.25) is 0 Å². The van der Waals surface area contributed by atoms with Crippen molar-refractivity contribution in [2.24, 2.45) is 0 Å². The molecule has 0 radical (unpaired) electrons. The minimum atomic E-state index is -0.469. The molecular formula is C20H20N4O4. The number of nitrogens with one attached hydrogen (secondary N) is 3. The molecule has 8 nitrogen and oxygen atoms in total. The molecule has 0 aliphatic heterocycles. The molecule has 0 unspecified atom stereocenters. The van der Waals surface area contributed by atoms with Crippen LogP contribution in [-0.4, -0.2) is 21.8 Å². The van der Waals surface area contributed by atoms with Crippen molar-refractivity contribution in [3.05, 3.63) is 75.8 Å². The monoisotopic (exact) mass is 380 g/mol. The summed E-state index contributed by atoms with van der Waals surface area (Å²) >= 11 is 0. The Morgan fingerprint density at radius 3 is 2.61 bits per heavy atom. The number of carbonyl (C=O) groups excluding carboxylic acids is 2. The van der Waals surface area contributed by atoms with E-state index in [0.717, 1.165) is 11.1 Å². The van der Waals surface area contributed by atoms with E-state index in [-0.39, 0.29) is 23.9 Å². The van der Waals surface area contributed by atoms with E-state index in [1.807, 2.05) is 24.3 Å². The second kappa shape index (κ2) is 8.92. The van der Waals surface area contributed by atoms with Crippen LogP contribution in [0.5, 0.6) is 0 Å². The Morgan fingerprint density at radius 1 is 1.07 bits per heavy atom. The molecule has 1 heterocycles. The van der Waals surface area contributed by atoms with Crippen LogP contribution in [0.15, 0.2) is 53.3 Å². The second-order valence-corrected chi connectivity index (χ2v) is 6.08. The molecule has 3 N–H and O–H groups in total. The SMILES string of the molecule is CCC(=O)ONCc1cccc(CNC(=O)c2nc3ccccc3c(=O)[nH]2)c1. The van der Waals surface area contributed by atoms with Gasteiger partial charge in [-0.3, -0.25) is 14.4 Å². The van der Waals surface area contributed by atoms with Crippen LogP contribution in [0.25, 0.3) is 10.9 Å². The molecule has 0 spiro atoms. The van der Waals surface area contributed by atoms with E-state index in [2.05, 4.69) is 20.8 Å². The Balaban J connectivity index is 1.62. The molecule has 8 heteroatoms. The van der Waals surface area contributed by atoms with Crippen molar-refractivity contribution in [3.63, 3.8) is 0 Å². The largest absolute Gasteiger partial charge is 0.370 e. The molecule has 3 rings (SSSR count). The maximum absolute atomic E-state index is 12.4. The summed E-state index contributed by atoms with van der Waals surface area (Å²) < 4.78 is 0. The minimum absolute atomic E-state index is 0.0343. The van der Waals surface area contributed by atoms with Gasteiger partial charge in [-0.05, 0) is 23.3 Å². The molecular weight excluding hydrogens is 360 g/mol. The van der Waals surface area contributed by atoms with Crippen LogP contribution >= 0.6 is 0 Å². The minimum Gasteiger partial charge on any atom is -0.370 e. The molecule has 28 heavy (non-hydrogen) atoms. The Kier molecular flexibility index (Phi) is 6.13. The number of carbonyl (C=O) groups is 2. The fraction of sp³-hybridized carbons (Fsp3) is 0.200. The quantitative estimate of drug-likeness (QED) is 0.539. The fourth-order valence-electron chi connectivity index (χ4n) is 2.58. The molecule has 0 atom stereocenters. The third-order valence-corrected chi connectivity index (χ3v) is 4.02. The number of hydrogen-bond acceptors (Lipinski definition) is 6. The molecule has 0 bridgehead atoms. The van der Waals surface area contributed by atoms with Crippen molar-refractivity contribution in [1.29, 1.82) is 0 Å². The van der Waals surface area contributed by atoms with Gasteiger partial charge in [-0.2, -0.15) is 0 Å². The summed E-state index contributed by atoms with van der Waals surface area (Å²) in [5, 5.41) is 3.17. The number of aromatic nitrogens is 2.